The van der Waals surface area contributed by atoms with E-state index in [1.807, 2.05) is 6.07 Å². The second-order valence-electron chi connectivity index (χ2n) is 4.14. The van der Waals surface area contributed by atoms with E-state index in [0.29, 0.717) is 16.5 Å². The lowest BCUT2D eigenvalue weighted by Crippen LogP contribution is -2.15. The fraction of sp³-hybridized carbons (Fsp3) is 0.214. The van der Waals surface area contributed by atoms with Crippen LogP contribution < -0.4 is 10.6 Å². The van der Waals surface area contributed by atoms with E-state index in [0.717, 1.165) is 18.7 Å². The number of carbonyl (C=O) groups is 1. The van der Waals surface area contributed by atoms with Crippen molar-refractivity contribution in [1.82, 2.24) is 9.97 Å². The third-order valence-electron chi connectivity index (χ3n) is 2.56. The van der Waals surface area contributed by atoms with Crippen LogP contribution in [0, 0.1) is 0 Å². The summed E-state index contributed by atoms with van der Waals surface area (Å²) >= 11 is 5.95. The summed E-state index contributed by atoms with van der Waals surface area (Å²) in [5.41, 5.74) is 1.17. The van der Waals surface area contributed by atoms with Crippen molar-refractivity contribution in [2.75, 3.05) is 17.2 Å². The van der Waals surface area contributed by atoms with Crippen molar-refractivity contribution in [2.24, 2.45) is 0 Å². The van der Waals surface area contributed by atoms with Gasteiger partial charge in [-0.1, -0.05) is 18.5 Å². The second-order valence-corrected chi connectivity index (χ2v) is 4.55. The predicted octanol–water partition coefficient (Wildman–Crippen LogP) is 3.20. The average molecular weight is 291 g/mol. The molecule has 2 heterocycles. The molecule has 1 amide bonds. The molecule has 0 saturated carbocycles. The fourth-order valence-corrected chi connectivity index (χ4v) is 1.75. The summed E-state index contributed by atoms with van der Waals surface area (Å²) in [5, 5.41) is 6.23. The van der Waals surface area contributed by atoms with E-state index in [1.165, 1.54) is 0 Å². The van der Waals surface area contributed by atoms with E-state index < -0.39 is 0 Å². The third-order valence-corrected chi connectivity index (χ3v) is 2.87. The second kappa shape index (κ2) is 6.86. The molecule has 6 heteroatoms. The first-order valence-corrected chi connectivity index (χ1v) is 6.70. The third kappa shape index (κ3) is 3.68. The van der Waals surface area contributed by atoms with Gasteiger partial charge in [-0.25, -0.2) is 4.98 Å². The molecule has 20 heavy (non-hydrogen) atoms. The van der Waals surface area contributed by atoms with Crippen molar-refractivity contribution in [1.29, 1.82) is 0 Å². The molecule has 2 aromatic heterocycles. The minimum atomic E-state index is -0.342. The summed E-state index contributed by atoms with van der Waals surface area (Å²) in [6.07, 6.45) is 4.16. The molecule has 0 saturated heterocycles. The first kappa shape index (κ1) is 14.3. The Hall–Kier alpha value is -2.14. The molecule has 2 rings (SSSR count). The molecule has 2 N–H and O–H groups in total. The minimum Gasteiger partial charge on any atom is -0.385 e. The Morgan fingerprint density at radius 1 is 1.30 bits per heavy atom. The van der Waals surface area contributed by atoms with Crippen LogP contribution in [0.3, 0.4) is 0 Å². The molecule has 0 bridgehead atoms. The molecule has 0 spiro atoms. The van der Waals surface area contributed by atoms with E-state index in [1.54, 1.807) is 30.6 Å². The van der Waals surface area contributed by atoms with Crippen LogP contribution in [0.25, 0.3) is 0 Å². The van der Waals surface area contributed by atoms with Gasteiger partial charge in [0.15, 0.2) is 5.82 Å². The van der Waals surface area contributed by atoms with E-state index in [4.69, 9.17) is 11.6 Å². The number of nitrogens with one attached hydrogen (secondary N) is 2. The first-order chi connectivity index (χ1) is 9.70. The number of hydrogen-bond acceptors (Lipinski definition) is 4. The monoisotopic (exact) mass is 290 g/mol. The van der Waals surface area contributed by atoms with Gasteiger partial charge in [0, 0.05) is 24.6 Å². The summed E-state index contributed by atoms with van der Waals surface area (Å²) in [6, 6.07) is 6.88. The van der Waals surface area contributed by atoms with Gasteiger partial charge in [0.2, 0.25) is 0 Å². The van der Waals surface area contributed by atoms with Gasteiger partial charge in [-0.3, -0.25) is 9.78 Å². The lowest BCUT2D eigenvalue weighted by Gasteiger charge is -2.08. The Kier molecular flexibility index (Phi) is 4.90. The van der Waals surface area contributed by atoms with Gasteiger partial charge < -0.3 is 10.6 Å². The zero-order valence-electron chi connectivity index (χ0n) is 11.1. The highest BCUT2D eigenvalue weighted by Gasteiger charge is 2.10. The molecular weight excluding hydrogens is 276 g/mol. The Labute approximate surface area is 122 Å². The zero-order valence-corrected chi connectivity index (χ0v) is 11.8. The van der Waals surface area contributed by atoms with Crippen LogP contribution in [0.4, 0.5) is 11.5 Å². The first-order valence-electron chi connectivity index (χ1n) is 6.32. The maximum absolute atomic E-state index is 12.1. The van der Waals surface area contributed by atoms with Crippen molar-refractivity contribution in [2.45, 2.75) is 13.3 Å². The van der Waals surface area contributed by atoms with Gasteiger partial charge >= 0.3 is 0 Å². The number of anilines is 2. The number of pyridine rings is 2. The molecular formula is C14H15ClN4O. The van der Waals surface area contributed by atoms with Gasteiger partial charge in [0.05, 0.1) is 5.02 Å². The number of carbonyl (C=O) groups excluding carboxylic acids is 1. The van der Waals surface area contributed by atoms with Crippen LogP contribution in [-0.2, 0) is 0 Å². The van der Waals surface area contributed by atoms with Crippen LogP contribution >= 0.6 is 11.6 Å². The average Bonchev–Trinajstić information content (AvgIpc) is 2.48. The van der Waals surface area contributed by atoms with Crippen molar-refractivity contribution >= 4 is 29.0 Å². The Morgan fingerprint density at radius 2 is 2.15 bits per heavy atom. The normalized spacial score (nSPS) is 10.1. The highest BCUT2D eigenvalue weighted by Crippen LogP contribution is 2.18. The minimum absolute atomic E-state index is 0.313. The van der Waals surface area contributed by atoms with Gasteiger partial charge in [-0.15, -0.1) is 0 Å². The van der Waals surface area contributed by atoms with Gasteiger partial charge in [0.1, 0.15) is 5.69 Å². The highest BCUT2D eigenvalue weighted by molar-refractivity contribution is 6.33. The molecule has 5 nitrogen and oxygen atoms in total. The van der Waals surface area contributed by atoms with Crippen LogP contribution in [0.1, 0.15) is 23.8 Å². The van der Waals surface area contributed by atoms with Crippen LogP contribution in [-0.4, -0.2) is 22.4 Å². The zero-order chi connectivity index (χ0) is 14.4. The van der Waals surface area contributed by atoms with E-state index >= 15 is 0 Å². The fourth-order valence-electron chi connectivity index (χ4n) is 1.58. The molecule has 0 atom stereocenters. The van der Waals surface area contributed by atoms with E-state index in [-0.39, 0.29) is 5.91 Å². The Bertz CT molecular complexity index is 603. The molecule has 0 aliphatic carbocycles. The van der Waals surface area contributed by atoms with Crippen LogP contribution in [0.15, 0.2) is 36.7 Å². The van der Waals surface area contributed by atoms with Gasteiger partial charge in [0.25, 0.3) is 5.91 Å². The van der Waals surface area contributed by atoms with Gasteiger partial charge in [-0.05, 0) is 30.7 Å². The maximum Gasteiger partial charge on any atom is 0.275 e. The van der Waals surface area contributed by atoms with Crippen molar-refractivity contribution in [3.05, 3.63) is 47.4 Å². The van der Waals surface area contributed by atoms with Gasteiger partial charge in [-0.2, -0.15) is 0 Å². The molecule has 0 radical (unpaired) electrons. The van der Waals surface area contributed by atoms with E-state index in [9.17, 15) is 4.79 Å². The Balaban J connectivity index is 2.11. The lowest BCUT2D eigenvalue weighted by atomic mass is 10.3. The molecule has 0 aliphatic heterocycles. The molecule has 0 aromatic carbocycles. The number of halogens is 1. The molecule has 0 fully saturated rings. The summed E-state index contributed by atoms with van der Waals surface area (Å²) in [5.74, 6) is -0.0152. The number of rotatable bonds is 5. The number of nitrogens with zero attached hydrogens (tertiary/aromatic N) is 2. The summed E-state index contributed by atoms with van der Waals surface area (Å²) in [7, 11) is 0. The number of aromatic nitrogens is 2. The molecule has 0 aliphatic rings. The van der Waals surface area contributed by atoms with E-state index in [2.05, 4.69) is 27.5 Å². The Morgan fingerprint density at radius 3 is 2.90 bits per heavy atom. The molecule has 2 aromatic rings. The van der Waals surface area contributed by atoms with Crippen molar-refractivity contribution in [3.63, 3.8) is 0 Å². The largest absolute Gasteiger partial charge is 0.385 e. The highest BCUT2D eigenvalue weighted by atomic mass is 35.5. The topological polar surface area (TPSA) is 66.9 Å². The van der Waals surface area contributed by atoms with Crippen LogP contribution in [0.5, 0.6) is 0 Å². The molecule has 0 unspecified atom stereocenters. The molecule has 104 valence electrons. The summed E-state index contributed by atoms with van der Waals surface area (Å²) in [4.78, 5) is 20.2. The predicted molar refractivity (Wildman–Crippen MR) is 80.2 cm³/mol. The van der Waals surface area contributed by atoms with Crippen LogP contribution in [0.2, 0.25) is 5.02 Å². The SMILES string of the molecule is CCCNc1ccnc(C(=O)Nc2ncccc2Cl)c1. The van der Waals surface area contributed by atoms with Crippen molar-refractivity contribution in [3.8, 4) is 0 Å². The number of hydrogen-bond donors (Lipinski definition) is 2. The summed E-state index contributed by atoms with van der Waals surface area (Å²) in [6.45, 7) is 2.92. The number of amides is 1. The summed E-state index contributed by atoms with van der Waals surface area (Å²) < 4.78 is 0. The maximum atomic E-state index is 12.1. The van der Waals surface area contributed by atoms with Crippen molar-refractivity contribution < 1.29 is 4.79 Å². The quantitative estimate of drug-likeness (QED) is 0.887. The smallest absolute Gasteiger partial charge is 0.275 e. The lowest BCUT2D eigenvalue weighted by molar-refractivity contribution is 0.102. The standard InChI is InChI=1S/C14H15ClN4O/c1-2-6-16-10-5-8-17-12(9-10)14(20)19-13-11(15)4-3-7-18-13/h3-5,7-9H,2,6H2,1H3,(H,16,17)(H,18,19,20).